The van der Waals surface area contributed by atoms with Crippen molar-refractivity contribution in [2.75, 3.05) is 0 Å². The zero-order valence-corrected chi connectivity index (χ0v) is 13.3. The predicted molar refractivity (Wildman–Crippen MR) is 93.3 cm³/mol. The fraction of sp³-hybridized carbons (Fsp3) is 0.0556. The summed E-state index contributed by atoms with van der Waals surface area (Å²) in [6.45, 7) is 0.0764. The number of carbonyl (C=O) groups is 1. The minimum Gasteiger partial charge on any atom is -0.454 e. The van der Waals surface area contributed by atoms with Gasteiger partial charge in [0.25, 0.3) is 0 Å². The Hall–Kier alpha value is -2.99. The van der Waals surface area contributed by atoms with Gasteiger partial charge in [-0.3, -0.25) is 4.79 Å². The number of para-hydroxylation sites is 2. The standard InChI is InChI=1S/C18H12N2O3S/c21-15-9-14(19-12-6-2-1-5-11(12)15)18(22)23-10-17-20-13-7-3-4-8-16(13)24-17/h1-9H,10H2,(H,19,21). The van der Waals surface area contributed by atoms with E-state index in [0.29, 0.717) is 15.9 Å². The van der Waals surface area contributed by atoms with Gasteiger partial charge in [0.15, 0.2) is 5.43 Å². The van der Waals surface area contributed by atoms with Crippen molar-refractivity contribution in [3.63, 3.8) is 0 Å². The van der Waals surface area contributed by atoms with Gasteiger partial charge >= 0.3 is 5.97 Å². The molecular formula is C18H12N2O3S. The van der Waals surface area contributed by atoms with Crippen LogP contribution >= 0.6 is 11.3 Å². The fourth-order valence-corrected chi connectivity index (χ4v) is 3.37. The molecule has 118 valence electrons. The first-order valence-electron chi connectivity index (χ1n) is 7.34. The van der Waals surface area contributed by atoms with Crippen LogP contribution in [-0.2, 0) is 11.3 Å². The van der Waals surface area contributed by atoms with Gasteiger partial charge in [0.05, 0.1) is 10.2 Å². The van der Waals surface area contributed by atoms with E-state index in [1.54, 1.807) is 24.3 Å². The maximum absolute atomic E-state index is 12.2. The fourth-order valence-electron chi connectivity index (χ4n) is 2.49. The Kier molecular flexibility index (Phi) is 3.59. The highest BCUT2D eigenvalue weighted by atomic mass is 32.1. The number of ether oxygens (including phenoxy) is 1. The molecule has 6 heteroatoms. The summed E-state index contributed by atoms with van der Waals surface area (Å²) >= 11 is 1.48. The molecule has 0 aliphatic carbocycles. The summed E-state index contributed by atoms with van der Waals surface area (Å²) in [7, 11) is 0. The summed E-state index contributed by atoms with van der Waals surface area (Å²) < 4.78 is 6.33. The maximum Gasteiger partial charge on any atom is 0.355 e. The van der Waals surface area contributed by atoms with E-state index in [2.05, 4.69) is 9.97 Å². The van der Waals surface area contributed by atoms with E-state index < -0.39 is 5.97 Å². The molecule has 4 aromatic rings. The predicted octanol–water partition coefficient (Wildman–Crippen LogP) is 3.49. The second-order valence-corrected chi connectivity index (χ2v) is 6.36. The summed E-state index contributed by atoms with van der Waals surface area (Å²) in [4.78, 5) is 31.6. The largest absolute Gasteiger partial charge is 0.454 e. The lowest BCUT2D eigenvalue weighted by atomic mass is 10.2. The van der Waals surface area contributed by atoms with Crippen LogP contribution in [0.1, 0.15) is 15.5 Å². The lowest BCUT2D eigenvalue weighted by molar-refractivity contribution is 0.0466. The Balaban J connectivity index is 1.56. The normalized spacial score (nSPS) is 11.0. The molecule has 0 unspecified atom stereocenters. The molecule has 0 saturated heterocycles. The Bertz CT molecular complexity index is 1080. The zero-order valence-electron chi connectivity index (χ0n) is 12.5. The molecule has 2 aromatic heterocycles. The van der Waals surface area contributed by atoms with Gasteiger partial charge in [-0.25, -0.2) is 9.78 Å². The van der Waals surface area contributed by atoms with Crippen molar-refractivity contribution in [3.05, 3.63) is 75.5 Å². The minimum atomic E-state index is -0.572. The zero-order chi connectivity index (χ0) is 16.5. The first-order valence-corrected chi connectivity index (χ1v) is 8.16. The number of fused-ring (bicyclic) bond motifs is 2. The Morgan fingerprint density at radius 1 is 1.12 bits per heavy atom. The first-order chi connectivity index (χ1) is 11.7. The summed E-state index contributed by atoms with van der Waals surface area (Å²) in [5, 5.41) is 1.26. The first kappa shape index (κ1) is 14.6. The number of rotatable bonds is 3. The third kappa shape index (κ3) is 2.68. The molecule has 0 saturated carbocycles. The maximum atomic E-state index is 12.2. The number of hydrogen-bond donors (Lipinski definition) is 1. The molecule has 0 radical (unpaired) electrons. The number of hydrogen-bond acceptors (Lipinski definition) is 5. The molecule has 5 nitrogen and oxygen atoms in total. The molecule has 1 N–H and O–H groups in total. The lowest BCUT2D eigenvalue weighted by Crippen LogP contribution is -2.12. The second-order valence-electron chi connectivity index (χ2n) is 5.24. The number of thiazole rings is 1. The quantitative estimate of drug-likeness (QED) is 0.581. The average Bonchev–Trinajstić information content (AvgIpc) is 3.02. The van der Waals surface area contributed by atoms with E-state index >= 15 is 0 Å². The summed E-state index contributed by atoms with van der Waals surface area (Å²) in [5.41, 5.74) is 1.42. The second kappa shape index (κ2) is 5.90. The third-order valence-electron chi connectivity index (χ3n) is 3.62. The van der Waals surface area contributed by atoms with Crippen LogP contribution in [-0.4, -0.2) is 15.9 Å². The highest BCUT2D eigenvalue weighted by Gasteiger charge is 2.12. The van der Waals surface area contributed by atoms with E-state index in [0.717, 1.165) is 10.2 Å². The molecule has 24 heavy (non-hydrogen) atoms. The van der Waals surface area contributed by atoms with Crippen molar-refractivity contribution in [1.82, 2.24) is 9.97 Å². The number of H-pyrrole nitrogens is 1. The topological polar surface area (TPSA) is 72.0 Å². The molecule has 0 aliphatic rings. The van der Waals surface area contributed by atoms with E-state index in [-0.39, 0.29) is 17.7 Å². The van der Waals surface area contributed by atoms with E-state index in [1.165, 1.54) is 17.4 Å². The minimum absolute atomic E-state index is 0.0764. The van der Waals surface area contributed by atoms with Crippen LogP contribution in [0.15, 0.2) is 59.4 Å². The van der Waals surface area contributed by atoms with Crippen LogP contribution in [0.4, 0.5) is 0 Å². The van der Waals surface area contributed by atoms with Crippen LogP contribution in [0, 0.1) is 0 Å². The molecule has 0 bridgehead atoms. The summed E-state index contributed by atoms with van der Waals surface area (Å²) in [6.07, 6.45) is 0. The van der Waals surface area contributed by atoms with Gasteiger partial charge in [-0.2, -0.15) is 0 Å². The SMILES string of the molecule is O=C(OCc1nc2ccccc2s1)c1cc(=O)c2ccccc2[nH]1. The van der Waals surface area contributed by atoms with E-state index in [1.807, 2.05) is 24.3 Å². The number of nitrogens with one attached hydrogen (secondary N) is 1. The summed E-state index contributed by atoms with van der Waals surface area (Å²) in [5.74, 6) is -0.572. The van der Waals surface area contributed by atoms with Crippen LogP contribution in [0.3, 0.4) is 0 Å². The van der Waals surface area contributed by atoms with Gasteiger partial charge in [-0.15, -0.1) is 11.3 Å². The molecule has 2 aromatic carbocycles. The van der Waals surface area contributed by atoms with Crippen molar-refractivity contribution < 1.29 is 9.53 Å². The number of benzene rings is 2. The molecule has 2 heterocycles. The van der Waals surface area contributed by atoms with E-state index in [9.17, 15) is 9.59 Å². The number of carbonyl (C=O) groups excluding carboxylic acids is 1. The number of aromatic amines is 1. The highest BCUT2D eigenvalue weighted by molar-refractivity contribution is 7.18. The van der Waals surface area contributed by atoms with Gasteiger partial charge in [0.1, 0.15) is 17.3 Å². The van der Waals surface area contributed by atoms with Crippen molar-refractivity contribution >= 4 is 38.4 Å². The van der Waals surface area contributed by atoms with Crippen LogP contribution < -0.4 is 5.43 Å². The average molecular weight is 336 g/mol. The highest BCUT2D eigenvalue weighted by Crippen LogP contribution is 2.22. The molecule has 0 aliphatic heterocycles. The van der Waals surface area contributed by atoms with Crippen LogP contribution in [0.2, 0.25) is 0 Å². The molecule has 0 atom stereocenters. The number of pyridine rings is 1. The van der Waals surface area contributed by atoms with Gasteiger partial charge < -0.3 is 9.72 Å². The van der Waals surface area contributed by atoms with Crippen molar-refractivity contribution in [3.8, 4) is 0 Å². The molecule has 0 amide bonds. The van der Waals surface area contributed by atoms with Gasteiger partial charge in [0, 0.05) is 17.0 Å². The number of nitrogens with zero attached hydrogens (tertiary/aromatic N) is 1. The van der Waals surface area contributed by atoms with Gasteiger partial charge in [-0.05, 0) is 24.3 Å². The number of esters is 1. The Morgan fingerprint density at radius 3 is 2.79 bits per heavy atom. The van der Waals surface area contributed by atoms with Crippen LogP contribution in [0.5, 0.6) is 0 Å². The van der Waals surface area contributed by atoms with Crippen LogP contribution in [0.25, 0.3) is 21.1 Å². The number of aromatic nitrogens is 2. The molecule has 0 fully saturated rings. The monoisotopic (exact) mass is 336 g/mol. The Labute approximate surface area is 140 Å². The lowest BCUT2D eigenvalue weighted by Gasteiger charge is -2.04. The summed E-state index contributed by atoms with van der Waals surface area (Å²) in [6, 6.07) is 16.1. The smallest absolute Gasteiger partial charge is 0.355 e. The molecule has 4 rings (SSSR count). The van der Waals surface area contributed by atoms with Crippen molar-refractivity contribution in [2.45, 2.75) is 6.61 Å². The van der Waals surface area contributed by atoms with Crippen molar-refractivity contribution in [2.24, 2.45) is 0 Å². The van der Waals surface area contributed by atoms with Gasteiger partial charge in [-0.1, -0.05) is 24.3 Å². The third-order valence-corrected chi connectivity index (χ3v) is 4.63. The van der Waals surface area contributed by atoms with Gasteiger partial charge in [0.2, 0.25) is 0 Å². The molecule has 0 spiro atoms. The van der Waals surface area contributed by atoms with Crippen molar-refractivity contribution in [1.29, 1.82) is 0 Å². The van der Waals surface area contributed by atoms with E-state index in [4.69, 9.17) is 4.74 Å². The Morgan fingerprint density at radius 2 is 1.92 bits per heavy atom. The molecular weight excluding hydrogens is 324 g/mol.